The molecule has 0 aliphatic carbocycles. The number of benzene rings is 1. The predicted octanol–water partition coefficient (Wildman–Crippen LogP) is 3.61. The molecule has 0 aliphatic rings. The van der Waals surface area contributed by atoms with Crippen LogP contribution in [0.5, 0.6) is 5.75 Å². The van der Waals surface area contributed by atoms with Crippen LogP contribution in [0.25, 0.3) is 6.08 Å². The largest absolute Gasteiger partial charge is 0.496 e. The molecule has 0 unspecified atom stereocenters. The molecule has 17 heavy (non-hydrogen) atoms. The minimum atomic E-state index is 0.665. The highest BCUT2D eigenvalue weighted by Gasteiger charge is 2.02. The SMILES string of the molecule is COc1cccc(Cl)c1/C=C/CNCC(C)C. The number of hydrogen-bond donors (Lipinski definition) is 1. The quantitative estimate of drug-likeness (QED) is 0.782. The topological polar surface area (TPSA) is 21.3 Å². The molecule has 0 amide bonds. The van der Waals surface area contributed by atoms with Crippen LogP contribution < -0.4 is 10.1 Å². The smallest absolute Gasteiger partial charge is 0.127 e. The molecule has 0 bridgehead atoms. The summed E-state index contributed by atoms with van der Waals surface area (Å²) in [6.07, 6.45) is 4.06. The van der Waals surface area contributed by atoms with Crippen molar-refractivity contribution in [1.82, 2.24) is 5.32 Å². The lowest BCUT2D eigenvalue weighted by Gasteiger charge is -2.07. The summed E-state index contributed by atoms with van der Waals surface area (Å²) in [7, 11) is 1.65. The number of halogens is 1. The zero-order chi connectivity index (χ0) is 12.7. The molecule has 1 aromatic rings. The van der Waals surface area contributed by atoms with Crippen molar-refractivity contribution in [2.45, 2.75) is 13.8 Å². The Morgan fingerprint density at radius 3 is 2.82 bits per heavy atom. The van der Waals surface area contributed by atoms with Gasteiger partial charge in [-0.2, -0.15) is 0 Å². The Kier molecular flexibility index (Phi) is 6.09. The van der Waals surface area contributed by atoms with E-state index >= 15 is 0 Å². The van der Waals surface area contributed by atoms with Gasteiger partial charge in [0, 0.05) is 12.1 Å². The third-order valence-electron chi connectivity index (χ3n) is 2.33. The third kappa shape index (κ3) is 4.80. The Balaban J connectivity index is 2.58. The fourth-order valence-corrected chi connectivity index (χ4v) is 1.72. The molecule has 0 heterocycles. The lowest BCUT2D eigenvalue weighted by atomic mass is 10.2. The highest BCUT2D eigenvalue weighted by atomic mass is 35.5. The summed E-state index contributed by atoms with van der Waals surface area (Å²) in [4.78, 5) is 0. The maximum Gasteiger partial charge on any atom is 0.127 e. The number of nitrogens with one attached hydrogen (secondary N) is 1. The van der Waals surface area contributed by atoms with Crippen molar-refractivity contribution < 1.29 is 4.74 Å². The summed E-state index contributed by atoms with van der Waals surface area (Å²) < 4.78 is 5.27. The second-order valence-electron chi connectivity index (χ2n) is 4.31. The molecule has 94 valence electrons. The molecular weight excluding hydrogens is 234 g/mol. The van der Waals surface area contributed by atoms with E-state index in [1.807, 2.05) is 24.3 Å². The van der Waals surface area contributed by atoms with Crippen molar-refractivity contribution in [2.24, 2.45) is 5.92 Å². The number of methoxy groups -OCH3 is 1. The molecule has 0 atom stereocenters. The molecule has 0 saturated heterocycles. The Labute approximate surface area is 109 Å². The van der Waals surface area contributed by atoms with Crippen LogP contribution in [-0.2, 0) is 0 Å². The first-order valence-corrected chi connectivity index (χ1v) is 6.22. The summed E-state index contributed by atoms with van der Waals surface area (Å²) in [5.74, 6) is 1.47. The zero-order valence-corrected chi connectivity index (χ0v) is 11.4. The van der Waals surface area contributed by atoms with Crippen molar-refractivity contribution >= 4 is 17.7 Å². The van der Waals surface area contributed by atoms with Crippen LogP contribution in [0.1, 0.15) is 19.4 Å². The molecule has 2 nitrogen and oxygen atoms in total. The summed E-state index contributed by atoms with van der Waals surface area (Å²) >= 11 is 6.12. The fourth-order valence-electron chi connectivity index (χ4n) is 1.49. The molecule has 0 aromatic heterocycles. The third-order valence-corrected chi connectivity index (χ3v) is 2.66. The van der Waals surface area contributed by atoms with E-state index < -0.39 is 0 Å². The summed E-state index contributed by atoms with van der Waals surface area (Å²) in [6.45, 7) is 6.23. The maximum absolute atomic E-state index is 6.12. The van der Waals surface area contributed by atoms with Crippen LogP contribution in [0, 0.1) is 5.92 Å². The predicted molar refractivity (Wildman–Crippen MR) is 74.7 cm³/mol. The van der Waals surface area contributed by atoms with Gasteiger partial charge in [0.15, 0.2) is 0 Å². The standard InChI is InChI=1S/C14H20ClNO/c1-11(2)10-16-9-5-6-12-13(15)7-4-8-14(12)17-3/h4-8,11,16H,9-10H2,1-3H3/b6-5+. The molecule has 1 rings (SSSR count). The van der Waals surface area contributed by atoms with Gasteiger partial charge in [0.25, 0.3) is 0 Å². The molecule has 1 N–H and O–H groups in total. The van der Waals surface area contributed by atoms with Gasteiger partial charge in [-0.1, -0.05) is 43.7 Å². The van der Waals surface area contributed by atoms with Gasteiger partial charge in [-0.3, -0.25) is 0 Å². The van der Waals surface area contributed by atoms with Crippen molar-refractivity contribution in [3.05, 3.63) is 34.9 Å². The van der Waals surface area contributed by atoms with Crippen LogP contribution in [0.3, 0.4) is 0 Å². The van der Waals surface area contributed by atoms with Crippen LogP contribution in [-0.4, -0.2) is 20.2 Å². The van der Waals surface area contributed by atoms with E-state index in [4.69, 9.17) is 16.3 Å². The van der Waals surface area contributed by atoms with Crippen molar-refractivity contribution in [1.29, 1.82) is 0 Å². The van der Waals surface area contributed by atoms with E-state index in [2.05, 4.69) is 25.2 Å². The van der Waals surface area contributed by atoms with Gasteiger partial charge in [0.05, 0.1) is 12.1 Å². The normalized spacial score (nSPS) is 11.4. The molecule has 0 aliphatic heterocycles. The molecular formula is C14H20ClNO. The van der Waals surface area contributed by atoms with Crippen LogP contribution in [0.2, 0.25) is 5.02 Å². The summed E-state index contributed by atoms with van der Waals surface area (Å²) in [6, 6.07) is 5.66. The minimum absolute atomic E-state index is 0.665. The van der Waals surface area contributed by atoms with Gasteiger partial charge in [0.2, 0.25) is 0 Å². The summed E-state index contributed by atoms with van der Waals surface area (Å²) in [5.41, 5.74) is 0.933. The minimum Gasteiger partial charge on any atom is -0.496 e. The number of rotatable bonds is 6. The van der Waals surface area contributed by atoms with Gasteiger partial charge in [-0.25, -0.2) is 0 Å². The first kappa shape index (κ1) is 14.1. The van der Waals surface area contributed by atoms with Crippen molar-refractivity contribution in [3.8, 4) is 5.75 Å². The lowest BCUT2D eigenvalue weighted by molar-refractivity contribution is 0.414. The van der Waals surface area contributed by atoms with E-state index in [9.17, 15) is 0 Å². The molecule has 3 heteroatoms. The average molecular weight is 254 g/mol. The van der Waals surface area contributed by atoms with E-state index in [1.165, 1.54) is 0 Å². The molecule has 0 saturated carbocycles. The van der Waals surface area contributed by atoms with Gasteiger partial charge >= 0.3 is 0 Å². The second-order valence-corrected chi connectivity index (χ2v) is 4.72. The Morgan fingerprint density at radius 1 is 1.41 bits per heavy atom. The second kappa shape index (κ2) is 7.36. The maximum atomic E-state index is 6.12. The number of hydrogen-bond acceptors (Lipinski definition) is 2. The van der Waals surface area contributed by atoms with E-state index in [-0.39, 0.29) is 0 Å². The van der Waals surface area contributed by atoms with Gasteiger partial charge in [-0.15, -0.1) is 0 Å². The Bertz CT molecular complexity index is 374. The molecule has 0 radical (unpaired) electrons. The van der Waals surface area contributed by atoms with Crippen LogP contribution in [0.4, 0.5) is 0 Å². The van der Waals surface area contributed by atoms with Crippen LogP contribution in [0.15, 0.2) is 24.3 Å². The van der Waals surface area contributed by atoms with Gasteiger partial charge in [0.1, 0.15) is 5.75 Å². The van der Waals surface area contributed by atoms with Crippen LogP contribution >= 0.6 is 11.6 Å². The number of ether oxygens (including phenoxy) is 1. The lowest BCUT2D eigenvalue weighted by Crippen LogP contribution is -2.19. The molecule has 0 fully saturated rings. The Morgan fingerprint density at radius 2 is 2.18 bits per heavy atom. The monoisotopic (exact) mass is 253 g/mol. The fraction of sp³-hybridized carbons (Fsp3) is 0.429. The first-order chi connectivity index (χ1) is 8.15. The van der Waals surface area contributed by atoms with E-state index in [0.29, 0.717) is 10.9 Å². The molecule has 0 spiro atoms. The van der Waals surface area contributed by atoms with E-state index in [0.717, 1.165) is 24.4 Å². The van der Waals surface area contributed by atoms with Gasteiger partial charge in [-0.05, 0) is 24.6 Å². The van der Waals surface area contributed by atoms with Crippen molar-refractivity contribution in [2.75, 3.05) is 20.2 Å². The average Bonchev–Trinajstić information content (AvgIpc) is 2.30. The Hall–Kier alpha value is -0.990. The highest BCUT2D eigenvalue weighted by molar-refractivity contribution is 6.32. The van der Waals surface area contributed by atoms with Gasteiger partial charge < -0.3 is 10.1 Å². The van der Waals surface area contributed by atoms with Crippen molar-refractivity contribution in [3.63, 3.8) is 0 Å². The summed E-state index contributed by atoms with van der Waals surface area (Å²) in [5, 5.41) is 4.05. The highest BCUT2D eigenvalue weighted by Crippen LogP contribution is 2.27. The zero-order valence-electron chi connectivity index (χ0n) is 10.7. The molecule has 1 aromatic carbocycles. The van der Waals surface area contributed by atoms with E-state index in [1.54, 1.807) is 7.11 Å². The first-order valence-electron chi connectivity index (χ1n) is 5.85.